The van der Waals surface area contributed by atoms with Gasteiger partial charge in [0.2, 0.25) is 0 Å². The van der Waals surface area contributed by atoms with Crippen LogP contribution < -0.4 is 0 Å². The summed E-state index contributed by atoms with van der Waals surface area (Å²) in [6, 6.07) is 0. The highest BCUT2D eigenvalue weighted by Gasteiger charge is 2.29. The molecule has 0 spiro atoms. The van der Waals surface area contributed by atoms with Crippen molar-refractivity contribution in [3.05, 3.63) is 0 Å². The fourth-order valence-corrected chi connectivity index (χ4v) is 0.618. The Labute approximate surface area is 74.2 Å². The molecule has 0 aromatic rings. The van der Waals surface area contributed by atoms with E-state index in [1.165, 1.54) is 0 Å². The third-order valence-electron chi connectivity index (χ3n) is 1.42. The van der Waals surface area contributed by atoms with E-state index in [4.69, 9.17) is 25.5 Å². The first-order valence-corrected chi connectivity index (χ1v) is 3.33. The van der Waals surface area contributed by atoms with E-state index in [-0.39, 0.29) is 11.8 Å². The number of aliphatic hydroxyl groups is 5. The molecule has 2 radical (unpaired) electrons. The lowest BCUT2D eigenvalue weighted by atomic mass is 10.0. The molecular formula is C6H12O7. The Kier molecular flexibility index (Phi) is 7.92. The Bertz CT molecular complexity index is 139. The Morgan fingerprint density at radius 2 is 1.54 bits per heavy atom. The van der Waals surface area contributed by atoms with Gasteiger partial charge in [-0.1, -0.05) is 0 Å². The zero-order chi connectivity index (χ0) is 9.72. The number of hydrogen-bond acceptors (Lipinski definition) is 6. The Hall–Kier alpha value is -0.570. The summed E-state index contributed by atoms with van der Waals surface area (Å²) in [4.78, 5) is 9.90. The van der Waals surface area contributed by atoms with Crippen LogP contribution in [0.2, 0.25) is 0 Å². The Balaban J connectivity index is 0. The van der Waals surface area contributed by atoms with Gasteiger partial charge < -0.3 is 30.3 Å². The first-order valence-electron chi connectivity index (χ1n) is 3.33. The molecule has 0 aromatic carbocycles. The van der Waals surface area contributed by atoms with Gasteiger partial charge in [0.15, 0.2) is 6.29 Å². The van der Waals surface area contributed by atoms with Gasteiger partial charge in [0.05, 0.1) is 6.61 Å². The number of rotatable bonds is 5. The molecule has 0 bridgehead atoms. The highest BCUT2D eigenvalue weighted by molar-refractivity contribution is 5.56. The van der Waals surface area contributed by atoms with Crippen LogP contribution in [0.15, 0.2) is 0 Å². The monoisotopic (exact) mass is 196 g/mol. The van der Waals surface area contributed by atoms with E-state index in [0.717, 1.165) is 0 Å². The molecule has 13 heavy (non-hydrogen) atoms. The summed E-state index contributed by atoms with van der Waals surface area (Å²) < 4.78 is 0. The summed E-state index contributed by atoms with van der Waals surface area (Å²) in [6.07, 6.45) is -6.84. The van der Waals surface area contributed by atoms with Gasteiger partial charge in [-0.25, -0.2) is 0 Å². The SMILES string of the molecule is O=C[C@@H](O)[C@@H](O)[C@@H](O)[C@H](O)CO.[O]. The van der Waals surface area contributed by atoms with E-state index < -0.39 is 31.0 Å². The van der Waals surface area contributed by atoms with Gasteiger partial charge in [-0.3, -0.25) is 0 Å². The van der Waals surface area contributed by atoms with Crippen molar-refractivity contribution in [1.82, 2.24) is 0 Å². The van der Waals surface area contributed by atoms with Crippen molar-refractivity contribution in [2.45, 2.75) is 24.4 Å². The van der Waals surface area contributed by atoms with Crippen molar-refractivity contribution < 1.29 is 35.8 Å². The molecule has 78 valence electrons. The number of aldehydes is 1. The number of carbonyl (C=O) groups is 1. The third kappa shape index (κ3) is 4.27. The second kappa shape index (κ2) is 6.89. The van der Waals surface area contributed by atoms with Crippen LogP contribution >= 0.6 is 0 Å². The minimum atomic E-state index is -1.79. The second-order valence-corrected chi connectivity index (χ2v) is 2.36. The predicted octanol–water partition coefficient (Wildman–Crippen LogP) is -3.50. The fraction of sp³-hybridized carbons (Fsp3) is 0.833. The van der Waals surface area contributed by atoms with Crippen LogP contribution in [-0.2, 0) is 10.3 Å². The van der Waals surface area contributed by atoms with Crippen LogP contribution in [0.1, 0.15) is 0 Å². The highest BCUT2D eigenvalue weighted by atomic mass is 16.4. The maximum absolute atomic E-state index is 9.90. The summed E-state index contributed by atoms with van der Waals surface area (Å²) in [5.74, 6) is 0. The van der Waals surface area contributed by atoms with Gasteiger partial charge in [0.25, 0.3) is 0 Å². The van der Waals surface area contributed by atoms with Gasteiger partial charge in [0.1, 0.15) is 24.4 Å². The minimum Gasteiger partial charge on any atom is -0.394 e. The molecule has 0 fully saturated rings. The van der Waals surface area contributed by atoms with Gasteiger partial charge in [0, 0.05) is 5.48 Å². The minimum absolute atomic E-state index is 0. The molecule has 0 saturated heterocycles. The van der Waals surface area contributed by atoms with Crippen LogP contribution in [0, 0.1) is 0 Å². The van der Waals surface area contributed by atoms with Crippen molar-refractivity contribution in [2.75, 3.05) is 6.61 Å². The summed E-state index contributed by atoms with van der Waals surface area (Å²) >= 11 is 0. The van der Waals surface area contributed by atoms with Gasteiger partial charge in [-0.05, 0) is 0 Å². The van der Waals surface area contributed by atoms with Crippen molar-refractivity contribution >= 4 is 6.29 Å². The molecule has 0 heterocycles. The first kappa shape index (κ1) is 14.9. The molecule has 0 aromatic heterocycles. The zero-order valence-electron chi connectivity index (χ0n) is 6.65. The number of aliphatic hydroxyl groups excluding tert-OH is 5. The van der Waals surface area contributed by atoms with Crippen LogP contribution in [0.5, 0.6) is 0 Å². The lowest BCUT2D eigenvalue weighted by molar-refractivity contribution is -0.136. The van der Waals surface area contributed by atoms with E-state index in [0.29, 0.717) is 0 Å². The fourth-order valence-electron chi connectivity index (χ4n) is 0.618. The third-order valence-corrected chi connectivity index (χ3v) is 1.42. The Morgan fingerprint density at radius 3 is 1.85 bits per heavy atom. The quantitative estimate of drug-likeness (QED) is 0.288. The molecule has 0 rings (SSSR count). The van der Waals surface area contributed by atoms with E-state index in [1.54, 1.807) is 0 Å². The number of carbonyl (C=O) groups excluding carboxylic acids is 1. The zero-order valence-corrected chi connectivity index (χ0v) is 6.65. The molecule has 0 amide bonds. The topological polar surface area (TPSA) is 147 Å². The van der Waals surface area contributed by atoms with E-state index in [2.05, 4.69) is 0 Å². The smallest absolute Gasteiger partial charge is 0.151 e. The molecular weight excluding hydrogens is 184 g/mol. The summed E-state index contributed by atoms with van der Waals surface area (Å²) in [7, 11) is 0. The largest absolute Gasteiger partial charge is 0.394 e. The lowest BCUT2D eigenvalue weighted by Gasteiger charge is -2.22. The second-order valence-electron chi connectivity index (χ2n) is 2.36. The molecule has 7 heteroatoms. The maximum atomic E-state index is 9.90. The van der Waals surface area contributed by atoms with Crippen LogP contribution in [0.3, 0.4) is 0 Å². The molecule has 0 aliphatic heterocycles. The van der Waals surface area contributed by atoms with E-state index >= 15 is 0 Å². The van der Waals surface area contributed by atoms with Crippen molar-refractivity contribution in [1.29, 1.82) is 0 Å². The first-order chi connectivity index (χ1) is 5.54. The van der Waals surface area contributed by atoms with Crippen molar-refractivity contribution in [3.8, 4) is 0 Å². The molecule has 5 N–H and O–H groups in total. The molecule has 0 saturated carbocycles. The average Bonchev–Trinajstić information content (AvgIpc) is 2.12. The standard InChI is InChI=1S/C6H12O6.O/c7-1-3(9)5(11)6(12)4(10)2-8;/h1,3-6,8-12H,2H2;/t3-,4-,5-,6+;/m1./s1. The molecule has 0 aliphatic carbocycles. The highest BCUT2D eigenvalue weighted by Crippen LogP contribution is 2.02. The van der Waals surface area contributed by atoms with E-state index in [9.17, 15) is 4.79 Å². The molecule has 4 atom stereocenters. The van der Waals surface area contributed by atoms with Gasteiger partial charge in [-0.2, -0.15) is 0 Å². The Morgan fingerprint density at radius 1 is 1.08 bits per heavy atom. The van der Waals surface area contributed by atoms with Crippen LogP contribution in [-0.4, -0.2) is 62.8 Å². The lowest BCUT2D eigenvalue weighted by Crippen LogP contribution is -2.46. The van der Waals surface area contributed by atoms with Crippen molar-refractivity contribution in [3.63, 3.8) is 0 Å². The molecule has 7 nitrogen and oxygen atoms in total. The van der Waals surface area contributed by atoms with Gasteiger partial charge >= 0.3 is 0 Å². The molecule has 0 unspecified atom stereocenters. The van der Waals surface area contributed by atoms with Crippen molar-refractivity contribution in [2.24, 2.45) is 0 Å². The summed E-state index contributed by atoms with van der Waals surface area (Å²) in [5.41, 5.74) is 0. The van der Waals surface area contributed by atoms with Gasteiger partial charge in [-0.15, -0.1) is 0 Å². The van der Waals surface area contributed by atoms with E-state index in [1.807, 2.05) is 0 Å². The molecule has 0 aliphatic rings. The predicted molar refractivity (Wildman–Crippen MR) is 37.9 cm³/mol. The maximum Gasteiger partial charge on any atom is 0.151 e. The van der Waals surface area contributed by atoms with Crippen LogP contribution in [0.25, 0.3) is 0 Å². The summed E-state index contributed by atoms with van der Waals surface area (Å²) in [5, 5.41) is 43.5. The normalized spacial score (nSPS) is 19.5. The average molecular weight is 196 g/mol. The summed E-state index contributed by atoms with van der Waals surface area (Å²) in [6.45, 7) is -0.760. The number of hydrogen-bond donors (Lipinski definition) is 5. The van der Waals surface area contributed by atoms with Crippen LogP contribution in [0.4, 0.5) is 0 Å².